The van der Waals surface area contributed by atoms with Crippen LogP contribution in [0.3, 0.4) is 0 Å². The number of ether oxygens (including phenoxy) is 1. The molecule has 0 aliphatic heterocycles. The van der Waals surface area contributed by atoms with Crippen molar-refractivity contribution in [2.45, 2.75) is 39.7 Å². The topological polar surface area (TPSA) is 70.2 Å². The number of aryl methyl sites for hydroxylation is 4. The summed E-state index contributed by atoms with van der Waals surface area (Å²) < 4.78 is 12.9. The molecule has 0 bridgehead atoms. The van der Waals surface area contributed by atoms with Gasteiger partial charge in [-0.05, 0) is 38.0 Å². The van der Waals surface area contributed by atoms with Crippen molar-refractivity contribution in [1.29, 1.82) is 0 Å². The molecule has 0 spiro atoms. The highest BCUT2D eigenvalue weighted by Gasteiger charge is 2.30. The van der Waals surface area contributed by atoms with Crippen molar-refractivity contribution in [3.05, 3.63) is 58.9 Å². The lowest BCUT2D eigenvalue weighted by Gasteiger charge is -2.09. The molecule has 134 valence electrons. The lowest BCUT2D eigenvalue weighted by molar-refractivity contribution is 0.0487. The summed E-state index contributed by atoms with van der Waals surface area (Å²) in [6, 6.07) is 5.93. The van der Waals surface area contributed by atoms with Crippen molar-refractivity contribution >= 4 is 5.97 Å². The zero-order valence-electron chi connectivity index (χ0n) is 15.0. The van der Waals surface area contributed by atoms with Crippen LogP contribution in [0.1, 0.15) is 40.1 Å². The van der Waals surface area contributed by atoms with Gasteiger partial charge in [-0.15, -0.1) is 0 Å². The first kappa shape index (κ1) is 16.6. The summed E-state index contributed by atoms with van der Waals surface area (Å²) in [6.07, 6.45) is 6.36. The Morgan fingerprint density at radius 3 is 3.00 bits per heavy atom. The minimum Gasteiger partial charge on any atom is -0.460 e. The van der Waals surface area contributed by atoms with Crippen molar-refractivity contribution in [3.8, 4) is 11.3 Å². The number of aromatic nitrogens is 3. The van der Waals surface area contributed by atoms with Crippen LogP contribution in [0.25, 0.3) is 11.3 Å². The van der Waals surface area contributed by atoms with E-state index in [1.54, 1.807) is 6.92 Å². The first-order chi connectivity index (χ1) is 12.7. The molecule has 0 N–H and O–H groups in total. The van der Waals surface area contributed by atoms with Crippen molar-refractivity contribution in [2.24, 2.45) is 0 Å². The van der Waals surface area contributed by atoms with E-state index in [0.29, 0.717) is 12.4 Å². The Morgan fingerprint density at radius 2 is 2.23 bits per heavy atom. The van der Waals surface area contributed by atoms with Crippen molar-refractivity contribution < 1.29 is 13.9 Å². The second-order valence-electron chi connectivity index (χ2n) is 6.41. The normalized spacial score (nSPS) is 12.5. The lowest BCUT2D eigenvalue weighted by Crippen LogP contribution is -2.05. The van der Waals surface area contributed by atoms with Crippen LogP contribution in [0.5, 0.6) is 0 Å². The van der Waals surface area contributed by atoms with Crippen LogP contribution >= 0.6 is 0 Å². The van der Waals surface area contributed by atoms with E-state index in [0.717, 1.165) is 54.1 Å². The smallest absolute Gasteiger partial charge is 0.374 e. The van der Waals surface area contributed by atoms with Gasteiger partial charge < -0.3 is 9.15 Å². The number of pyridine rings is 1. The lowest BCUT2D eigenvalue weighted by atomic mass is 9.94. The second kappa shape index (κ2) is 6.78. The molecule has 3 aromatic heterocycles. The number of hydrogen-bond acceptors (Lipinski definition) is 5. The van der Waals surface area contributed by atoms with Crippen LogP contribution in [0, 0.1) is 6.92 Å². The maximum atomic E-state index is 12.1. The molecule has 26 heavy (non-hydrogen) atoms. The number of nitrogens with zero attached hydrogens (tertiary/aromatic N) is 3. The molecule has 0 saturated heterocycles. The molecule has 0 unspecified atom stereocenters. The summed E-state index contributed by atoms with van der Waals surface area (Å²) >= 11 is 0. The van der Waals surface area contributed by atoms with Gasteiger partial charge in [0.25, 0.3) is 0 Å². The van der Waals surface area contributed by atoms with Crippen LogP contribution in [-0.2, 0) is 30.5 Å². The molecule has 6 heteroatoms. The summed E-state index contributed by atoms with van der Waals surface area (Å²) in [5.74, 6) is 0.719. The molecule has 3 aromatic rings. The van der Waals surface area contributed by atoms with Gasteiger partial charge in [0.05, 0.1) is 12.3 Å². The molecule has 6 nitrogen and oxygen atoms in total. The molecule has 3 heterocycles. The van der Waals surface area contributed by atoms with Crippen LogP contribution in [-0.4, -0.2) is 27.3 Å². The van der Waals surface area contributed by atoms with Gasteiger partial charge >= 0.3 is 5.97 Å². The number of carbonyl (C=O) groups excluding carboxylic acids is 1. The number of carbonyl (C=O) groups is 1. The highest BCUT2D eigenvalue weighted by atomic mass is 16.5. The van der Waals surface area contributed by atoms with E-state index in [-0.39, 0.29) is 0 Å². The Labute approximate surface area is 151 Å². The van der Waals surface area contributed by atoms with Gasteiger partial charge in [-0.3, -0.25) is 9.67 Å². The largest absolute Gasteiger partial charge is 0.460 e. The van der Waals surface area contributed by atoms with Gasteiger partial charge in [-0.25, -0.2) is 4.79 Å². The molecule has 0 saturated carbocycles. The molecule has 1 aliphatic rings. The molecule has 0 fully saturated rings. The van der Waals surface area contributed by atoms with E-state index in [1.807, 2.05) is 36.0 Å². The fraction of sp³-hybridized carbons (Fsp3) is 0.350. The summed E-state index contributed by atoms with van der Waals surface area (Å²) in [7, 11) is 0. The number of rotatable bonds is 5. The third-order valence-corrected chi connectivity index (χ3v) is 4.70. The summed E-state index contributed by atoms with van der Waals surface area (Å²) in [5.41, 5.74) is 4.92. The average Bonchev–Trinajstić information content (AvgIpc) is 3.21. The third kappa shape index (κ3) is 2.92. The molecular formula is C20H21N3O3. The van der Waals surface area contributed by atoms with E-state index in [2.05, 4.69) is 11.2 Å². The van der Waals surface area contributed by atoms with Crippen molar-refractivity contribution in [3.63, 3.8) is 0 Å². The van der Waals surface area contributed by atoms with E-state index in [4.69, 9.17) is 14.3 Å². The van der Waals surface area contributed by atoms with Gasteiger partial charge in [0.2, 0.25) is 5.76 Å². The van der Waals surface area contributed by atoms with Gasteiger partial charge in [-0.1, -0.05) is 6.07 Å². The zero-order chi connectivity index (χ0) is 18.1. The second-order valence-corrected chi connectivity index (χ2v) is 6.41. The minimum atomic E-state index is -0.407. The predicted octanol–water partition coefficient (Wildman–Crippen LogP) is 3.36. The Bertz CT molecular complexity index is 941. The van der Waals surface area contributed by atoms with E-state index in [1.165, 1.54) is 5.56 Å². The quantitative estimate of drug-likeness (QED) is 0.659. The number of esters is 1. The number of furan rings is 1. The van der Waals surface area contributed by atoms with Gasteiger partial charge in [-0.2, -0.15) is 5.10 Å². The van der Waals surface area contributed by atoms with Gasteiger partial charge in [0.15, 0.2) is 0 Å². The Kier molecular flexibility index (Phi) is 4.32. The van der Waals surface area contributed by atoms with E-state index < -0.39 is 5.97 Å². The molecule has 4 rings (SSSR count). The zero-order valence-corrected chi connectivity index (χ0v) is 15.0. The maximum absolute atomic E-state index is 12.1. The fourth-order valence-electron chi connectivity index (χ4n) is 3.44. The van der Waals surface area contributed by atoms with Crippen molar-refractivity contribution in [1.82, 2.24) is 14.8 Å². The van der Waals surface area contributed by atoms with Crippen LogP contribution in [0.4, 0.5) is 0 Å². The Balaban J connectivity index is 1.61. The van der Waals surface area contributed by atoms with Crippen LogP contribution in [0.2, 0.25) is 0 Å². The summed E-state index contributed by atoms with van der Waals surface area (Å²) in [5, 5.41) is 4.76. The Hall–Kier alpha value is -2.89. The molecular weight excluding hydrogens is 330 g/mol. The van der Waals surface area contributed by atoms with Crippen LogP contribution < -0.4 is 0 Å². The standard InChI is InChI=1S/C20H21N3O3/c1-3-25-20(24)19-13(2)17-16(26-19)8-7-14-12-23(22-18(14)17)11-9-15-6-4-5-10-21-15/h4-6,10,12H,3,7-9,11H2,1-2H3. The number of hydrogen-bond donors (Lipinski definition) is 0. The first-order valence-corrected chi connectivity index (χ1v) is 8.93. The fourth-order valence-corrected chi connectivity index (χ4v) is 3.44. The van der Waals surface area contributed by atoms with E-state index in [9.17, 15) is 4.79 Å². The first-order valence-electron chi connectivity index (χ1n) is 8.93. The number of fused-ring (bicyclic) bond motifs is 3. The highest BCUT2D eigenvalue weighted by Crippen LogP contribution is 2.38. The monoisotopic (exact) mass is 351 g/mol. The third-order valence-electron chi connectivity index (χ3n) is 4.70. The average molecular weight is 351 g/mol. The van der Waals surface area contributed by atoms with Gasteiger partial charge in [0.1, 0.15) is 5.76 Å². The maximum Gasteiger partial charge on any atom is 0.374 e. The molecule has 0 aromatic carbocycles. The Morgan fingerprint density at radius 1 is 1.35 bits per heavy atom. The minimum absolute atomic E-state index is 0.299. The molecule has 0 radical (unpaired) electrons. The molecule has 1 aliphatic carbocycles. The van der Waals surface area contributed by atoms with Crippen LogP contribution in [0.15, 0.2) is 35.0 Å². The van der Waals surface area contributed by atoms with Crippen molar-refractivity contribution in [2.75, 3.05) is 6.61 Å². The SMILES string of the molecule is CCOC(=O)c1oc2c(c1C)-c1nn(CCc3ccccn3)cc1CC2. The molecule has 0 atom stereocenters. The van der Waals surface area contributed by atoms with E-state index >= 15 is 0 Å². The predicted molar refractivity (Wildman–Crippen MR) is 96.0 cm³/mol. The van der Waals surface area contributed by atoms with Gasteiger partial charge in [0, 0.05) is 48.6 Å². The summed E-state index contributed by atoms with van der Waals surface area (Å²) in [6.45, 7) is 4.78. The highest BCUT2D eigenvalue weighted by molar-refractivity contribution is 5.91. The summed E-state index contributed by atoms with van der Waals surface area (Å²) in [4.78, 5) is 16.5. The molecule has 0 amide bonds.